The van der Waals surface area contributed by atoms with E-state index in [2.05, 4.69) is 0 Å². The third-order valence-electron chi connectivity index (χ3n) is 5.53. The molecule has 1 aliphatic rings. The monoisotopic (exact) mass is 504 g/mol. The minimum absolute atomic E-state index is 0.0516. The fourth-order valence-electron chi connectivity index (χ4n) is 4.03. The number of nitro groups is 1. The Balaban J connectivity index is 2.22. The number of aldehydes is 1. The fraction of sp³-hybridized carbons (Fsp3) is 0.0870. The molecular formula is C23H15F3N2O6S. The topological polar surface area (TPSA) is 118 Å². The van der Waals surface area contributed by atoms with Crippen LogP contribution in [0.4, 0.5) is 24.5 Å². The number of nitro benzene ring substituents is 1. The first-order valence-electron chi connectivity index (χ1n) is 9.88. The van der Waals surface area contributed by atoms with E-state index in [9.17, 15) is 41.6 Å². The zero-order valence-corrected chi connectivity index (χ0v) is 18.3. The summed E-state index contributed by atoms with van der Waals surface area (Å²) in [7, 11) is -6.18. The van der Waals surface area contributed by atoms with Gasteiger partial charge in [0.25, 0.3) is 5.69 Å². The number of rotatable bonds is 5. The molecule has 3 aromatic rings. The molecule has 1 aliphatic heterocycles. The van der Waals surface area contributed by atoms with Gasteiger partial charge in [-0.1, -0.05) is 60.7 Å². The molecule has 1 N–H and O–H groups in total. The summed E-state index contributed by atoms with van der Waals surface area (Å²) in [5.41, 5.74) is -11.5. The lowest BCUT2D eigenvalue weighted by Crippen LogP contribution is -2.47. The second-order valence-electron chi connectivity index (χ2n) is 7.50. The standard InChI is InChI=1S/C23H15F3N2O6S/c24-23(25,26)35(33,34)27-20-12-5-4-11-18(20)22(30,16-8-2-1-3-9-16)19(14-29)21(27)15-7-6-10-17(13-15)28(31)32/h1-14,30H/t22-/m0/s1. The van der Waals surface area contributed by atoms with Gasteiger partial charge in [-0.05, 0) is 11.6 Å². The molecule has 0 aromatic heterocycles. The Hall–Kier alpha value is -4.03. The SMILES string of the molecule is O=CC1=C(c2cccc([N+](=O)[O-])c2)N(S(=O)(=O)C(F)(F)F)c2ccccc2[C@@]1(O)c1ccccc1. The Labute approximate surface area is 196 Å². The molecule has 180 valence electrons. The third kappa shape index (κ3) is 3.67. The van der Waals surface area contributed by atoms with Gasteiger partial charge in [-0.25, -0.2) is 4.31 Å². The second-order valence-corrected chi connectivity index (χ2v) is 9.27. The molecule has 35 heavy (non-hydrogen) atoms. The highest BCUT2D eigenvalue weighted by Crippen LogP contribution is 2.52. The molecule has 0 aliphatic carbocycles. The molecule has 0 radical (unpaired) electrons. The van der Waals surface area contributed by atoms with E-state index in [0.29, 0.717) is 0 Å². The van der Waals surface area contributed by atoms with Crippen LogP contribution in [0.1, 0.15) is 16.7 Å². The van der Waals surface area contributed by atoms with E-state index in [0.717, 1.165) is 30.3 Å². The van der Waals surface area contributed by atoms with Crippen LogP contribution >= 0.6 is 0 Å². The number of benzene rings is 3. The second kappa shape index (κ2) is 8.32. The van der Waals surface area contributed by atoms with Crippen LogP contribution in [0.15, 0.2) is 84.4 Å². The molecule has 3 aromatic carbocycles. The maximum atomic E-state index is 13.8. The van der Waals surface area contributed by atoms with Crippen molar-refractivity contribution in [2.24, 2.45) is 0 Å². The van der Waals surface area contributed by atoms with Crippen molar-refractivity contribution < 1.29 is 36.4 Å². The van der Waals surface area contributed by atoms with Crippen molar-refractivity contribution >= 4 is 33.4 Å². The van der Waals surface area contributed by atoms with E-state index in [4.69, 9.17) is 0 Å². The van der Waals surface area contributed by atoms with Gasteiger partial charge >= 0.3 is 15.5 Å². The highest BCUT2D eigenvalue weighted by Gasteiger charge is 2.56. The number of fused-ring (bicyclic) bond motifs is 1. The quantitative estimate of drug-likeness (QED) is 0.318. The largest absolute Gasteiger partial charge is 0.517 e. The molecule has 0 unspecified atom stereocenters. The molecule has 0 amide bonds. The smallest absolute Gasteiger partial charge is 0.376 e. The van der Waals surface area contributed by atoms with Gasteiger partial charge in [0.2, 0.25) is 0 Å². The number of anilines is 1. The zero-order valence-electron chi connectivity index (χ0n) is 17.5. The number of nitrogens with zero attached hydrogens (tertiary/aromatic N) is 2. The van der Waals surface area contributed by atoms with Crippen molar-refractivity contribution in [3.05, 3.63) is 111 Å². The Kier molecular flexibility index (Phi) is 5.73. The molecule has 0 saturated carbocycles. The van der Waals surface area contributed by atoms with Crippen molar-refractivity contribution in [1.29, 1.82) is 0 Å². The van der Waals surface area contributed by atoms with Gasteiger partial charge in [0.05, 0.1) is 21.9 Å². The number of carbonyl (C=O) groups is 1. The van der Waals surface area contributed by atoms with Gasteiger partial charge in [0.15, 0.2) is 6.29 Å². The van der Waals surface area contributed by atoms with Crippen LogP contribution in [0.2, 0.25) is 0 Å². The van der Waals surface area contributed by atoms with Crippen LogP contribution in [0.25, 0.3) is 5.70 Å². The number of para-hydroxylation sites is 1. The molecule has 0 spiro atoms. The van der Waals surface area contributed by atoms with Crippen LogP contribution in [0, 0.1) is 10.1 Å². The number of hydrogen-bond acceptors (Lipinski definition) is 6. The van der Waals surface area contributed by atoms with Crippen molar-refractivity contribution in [3.8, 4) is 0 Å². The lowest BCUT2D eigenvalue weighted by molar-refractivity contribution is -0.384. The first-order chi connectivity index (χ1) is 16.4. The molecule has 8 nitrogen and oxygen atoms in total. The van der Waals surface area contributed by atoms with Gasteiger partial charge in [-0.15, -0.1) is 0 Å². The molecule has 0 fully saturated rings. The van der Waals surface area contributed by atoms with Gasteiger partial charge in [0, 0.05) is 23.3 Å². The summed E-state index contributed by atoms with van der Waals surface area (Å²) in [5.74, 6) is 0. The van der Waals surface area contributed by atoms with Crippen molar-refractivity contribution in [2.75, 3.05) is 4.31 Å². The minimum atomic E-state index is -6.18. The summed E-state index contributed by atoms with van der Waals surface area (Å²) in [6.07, 6.45) is 0.0516. The fourth-order valence-corrected chi connectivity index (χ4v) is 5.10. The maximum absolute atomic E-state index is 13.8. The Bertz CT molecular complexity index is 1470. The molecule has 1 heterocycles. The predicted octanol–water partition coefficient (Wildman–Crippen LogP) is 4.11. The maximum Gasteiger partial charge on any atom is 0.517 e. The number of sulfonamides is 1. The molecule has 1 atom stereocenters. The summed E-state index contributed by atoms with van der Waals surface area (Å²) in [5, 5.41) is 23.3. The number of non-ortho nitro benzene ring substituents is 1. The lowest BCUT2D eigenvalue weighted by atomic mass is 9.76. The van der Waals surface area contributed by atoms with E-state index < -0.39 is 54.3 Å². The van der Waals surface area contributed by atoms with Crippen molar-refractivity contribution in [1.82, 2.24) is 0 Å². The van der Waals surface area contributed by atoms with Crippen LogP contribution in [-0.4, -0.2) is 30.2 Å². The van der Waals surface area contributed by atoms with E-state index in [1.807, 2.05) is 0 Å². The summed E-state index contributed by atoms with van der Waals surface area (Å²) in [6, 6.07) is 16.5. The van der Waals surface area contributed by atoms with Crippen LogP contribution < -0.4 is 4.31 Å². The van der Waals surface area contributed by atoms with Crippen molar-refractivity contribution in [2.45, 2.75) is 11.1 Å². The molecule has 0 bridgehead atoms. The average molecular weight is 504 g/mol. The Morgan fingerprint density at radius 2 is 1.60 bits per heavy atom. The average Bonchev–Trinajstić information content (AvgIpc) is 2.83. The van der Waals surface area contributed by atoms with E-state index in [1.54, 1.807) is 6.07 Å². The van der Waals surface area contributed by atoms with Crippen LogP contribution in [-0.2, 0) is 20.4 Å². The first-order valence-corrected chi connectivity index (χ1v) is 11.3. The Morgan fingerprint density at radius 1 is 0.971 bits per heavy atom. The predicted molar refractivity (Wildman–Crippen MR) is 119 cm³/mol. The van der Waals surface area contributed by atoms with Gasteiger partial charge in [-0.3, -0.25) is 14.9 Å². The number of alkyl halides is 3. The summed E-state index contributed by atoms with van der Waals surface area (Å²) in [4.78, 5) is 22.9. The minimum Gasteiger partial charge on any atom is -0.376 e. The number of halogens is 3. The zero-order chi connectivity index (χ0) is 25.6. The summed E-state index contributed by atoms with van der Waals surface area (Å²) >= 11 is 0. The van der Waals surface area contributed by atoms with Gasteiger partial charge in [0.1, 0.15) is 5.60 Å². The number of carbonyl (C=O) groups excluding carboxylic acids is 1. The summed E-state index contributed by atoms with van der Waals surface area (Å²) in [6.45, 7) is 0. The van der Waals surface area contributed by atoms with Gasteiger partial charge < -0.3 is 5.11 Å². The van der Waals surface area contributed by atoms with Gasteiger partial charge in [-0.2, -0.15) is 21.6 Å². The Morgan fingerprint density at radius 3 is 2.20 bits per heavy atom. The third-order valence-corrected chi connectivity index (χ3v) is 6.98. The lowest BCUT2D eigenvalue weighted by Gasteiger charge is -2.42. The highest BCUT2D eigenvalue weighted by molar-refractivity contribution is 7.94. The molecule has 12 heteroatoms. The van der Waals surface area contributed by atoms with E-state index in [-0.39, 0.29) is 21.7 Å². The number of aliphatic hydroxyl groups is 1. The van der Waals surface area contributed by atoms with Crippen molar-refractivity contribution in [3.63, 3.8) is 0 Å². The molecular weight excluding hydrogens is 489 g/mol. The van der Waals surface area contributed by atoms with Crippen LogP contribution in [0.5, 0.6) is 0 Å². The molecule has 0 saturated heterocycles. The summed E-state index contributed by atoms with van der Waals surface area (Å²) < 4.78 is 67.1. The van der Waals surface area contributed by atoms with E-state index >= 15 is 0 Å². The highest BCUT2D eigenvalue weighted by atomic mass is 32.2. The number of hydrogen-bond donors (Lipinski definition) is 1. The normalized spacial score (nSPS) is 18.2. The molecule has 4 rings (SSSR count). The first kappa shape index (κ1) is 24.1. The van der Waals surface area contributed by atoms with E-state index in [1.165, 1.54) is 42.5 Å². The van der Waals surface area contributed by atoms with Crippen LogP contribution in [0.3, 0.4) is 0 Å².